The minimum Gasteiger partial charge on any atom is -0.326 e. The van der Waals surface area contributed by atoms with Crippen molar-refractivity contribution in [2.75, 3.05) is 24.2 Å². The first-order valence-electron chi connectivity index (χ1n) is 6.38. The molecule has 5 nitrogen and oxygen atoms in total. The Balaban J connectivity index is 0.00000361. The van der Waals surface area contributed by atoms with Crippen LogP contribution < -0.4 is 16.0 Å². The molecular weight excluding hydrogens is 278 g/mol. The summed E-state index contributed by atoms with van der Waals surface area (Å²) < 4.78 is 0. The van der Waals surface area contributed by atoms with Crippen molar-refractivity contribution in [3.05, 3.63) is 24.3 Å². The van der Waals surface area contributed by atoms with E-state index >= 15 is 0 Å². The maximum absolute atomic E-state index is 11.6. The summed E-state index contributed by atoms with van der Waals surface area (Å²) in [6, 6.07) is 7.13. The van der Waals surface area contributed by atoms with Crippen molar-refractivity contribution in [2.24, 2.45) is 5.92 Å². The largest absolute Gasteiger partial charge is 0.326 e. The van der Waals surface area contributed by atoms with Crippen LogP contribution in [-0.4, -0.2) is 25.4 Å². The van der Waals surface area contributed by atoms with Crippen molar-refractivity contribution >= 4 is 35.6 Å². The van der Waals surface area contributed by atoms with E-state index in [2.05, 4.69) is 16.0 Å². The zero-order valence-corrected chi connectivity index (χ0v) is 12.8. The molecule has 0 bridgehead atoms. The average molecular weight is 300 g/mol. The topological polar surface area (TPSA) is 70.2 Å². The molecule has 20 heavy (non-hydrogen) atoms. The van der Waals surface area contributed by atoms with Crippen LogP contribution in [-0.2, 0) is 9.59 Å². The van der Waals surface area contributed by atoms with Crippen LogP contribution in [0.4, 0.5) is 11.4 Å². The number of hydrogen-bond donors (Lipinski definition) is 3. The van der Waals surface area contributed by atoms with Crippen LogP contribution in [0.3, 0.4) is 0 Å². The fourth-order valence-electron chi connectivity index (χ4n) is 1.42. The maximum Gasteiger partial charge on any atom is 0.226 e. The van der Waals surface area contributed by atoms with Gasteiger partial charge in [-0.15, -0.1) is 12.4 Å². The van der Waals surface area contributed by atoms with Gasteiger partial charge in [-0.25, -0.2) is 0 Å². The van der Waals surface area contributed by atoms with E-state index < -0.39 is 0 Å². The van der Waals surface area contributed by atoms with Gasteiger partial charge in [0.2, 0.25) is 11.8 Å². The van der Waals surface area contributed by atoms with E-state index in [9.17, 15) is 9.59 Å². The molecule has 0 atom stereocenters. The lowest BCUT2D eigenvalue weighted by atomic mass is 10.2. The molecule has 0 aliphatic heterocycles. The summed E-state index contributed by atoms with van der Waals surface area (Å²) in [4.78, 5) is 23.2. The van der Waals surface area contributed by atoms with Gasteiger partial charge in [-0.3, -0.25) is 9.59 Å². The van der Waals surface area contributed by atoms with Crippen molar-refractivity contribution in [1.82, 2.24) is 5.32 Å². The standard InChI is InChI=1S/C14H21N3O2.ClH/c1-10(2)14(19)17-12-6-4-5-11(9-12)16-13(18)7-8-15-3;/h4-6,9-10,15H,7-8H2,1-3H3,(H,16,18)(H,17,19);1H. The summed E-state index contributed by atoms with van der Waals surface area (Å²) in [5.74, 6) is -0.172. The normalized spacial score (nSPS) is 9.80. The molecular formula is C14H22ClN3O2. The third kappa shape index (κ3) is 6.54. The van der Waals surface area contributed by atoms with Crippen molar-refractivity contribution in [2.45, 2.75) is 20.3 Å². The molecule has 1 aromatic carbocycles. The summed E-state index contributed by atoms with van der Waals surface area (Å²) in [5.41, 5.74) is 1.37. The van der Waals surface area contributed by atoms with E-state index in [-0.39, 0.29) is 30.1 Å². The van der Waals surface area contributed by atoms with Crippen molar-refractivity contribution in [3.8, 4) is 0 Å². The molecule has 1 aromatic rings. The first-order valence-corrected chi connectivity index (χ1v) is 6.38. The van der Waals surface area contributed by atoms with Crippen LogP contribution in [0.1, 0.15) is 20.3 Å². The van der Waals surface area contributed by atoms with Crippen molar-refractivity contribution in [1.29, 1.82) is 0 Å². The van der Waals surface area contributed by atoms with Crippen LogP contribution in [0, 0.1) is 5.92 Å². The van der Waals surface area contributed by atoms with Crippen molar-refractivity contribution < 1.29 is 9.59 Å². The minimum atomic E-state index is -0.0751. The van der Waals surface area contributed by atoms with Crippen LogP contribution >= 0.6 is 12.4 Å². The first kappa shape index (κ1) is 18.4. The zero-order valence-electron chi connectivity index (χ0n) is 12.0. The van der Waals surface area contributed by atoms with Gasteiger partial charge in [-0.05, 0) is 25.2 Å². The number of amides is 2. The second kappa shape index (κ2) is 9.34. The highest BCUT2D eigenvalue weighted by atomic mass is 35.5. The molecule has 2 amide bonds. The summed E-state index contributed by atoms with van der Waals surface area (Å²) in [7, 11) is 1.80. The molecule has 0 saturated heterocycles. The Labute approximate surface area is 125 Å². The molecule has 0 aliphatic carbocycles. The molecule has 0 spiro atoms. The lowest BCUT2D eigenvalue weighted by Crippen LogP contribution is -2.19. The number of anilines is 2. The molecule has 112 valence electrons. The molecule has 0 heterocycles. The number of hydrogen-bond acceptors (Lipinski definition) is 3. The molecule has 1 rings (SSSR count). The number of halogens is 1. The summed E-state index contributed by atoms with van der Waals surface area (Å²) in [6.07, 6.45) is 0.416. The van der Waals surface area contributed by atoms with Gasteiger partial charge in [-0.2, -0.15) is 0 Å². The number of nitrogens with one attached hydrogen (secondary N) is 3. The lowest BCUT2D eigenvalue weighted by molar-refractivity contribution is -0.119. The second-order valence-corrected chi connectivity index (χ2v) is 4.63. The van der Waals surface area contributed by atoms with Gasteiger partial charge in [0.25, 0.3) is 0 Å². The number of rotatable bonds is 6. The highest BCUT2D eigenvalue weighted by molar-refractivity contribution is 5.94. The van der Waals surface area contributed by atoms with Gasteiger partial charge in [-0.1, -0.05) is 19.9 Å². The molecule has 3 N–H and O–H groups in total. The third-order valence-corrected chi connectivity index (χ3v) is 2.54. The first-order chi connectivity index (χ1) is 9.02. The van der Waals surface area contributed by atoms with E-state index in [4.69, 9.17) is 0 Å². The molecule has 0 unspecified atom stereocenters. The van der Waals surface area contributed by atoms with E-state index in [0.717, 1.165) is 0 Å². The number of carbonyl (C=O) groups excluding carboxylic acids is 2. The predicted molar refractivity (Wildman–Crippen MR) is 84.3 cm³/mol. The Morgan fingerprint density at radius 3 is 2.30 bits per heavy atom. The van der Waals surface area contributed by atoms with Crippen LogP contribution in [0.25, 0.3) is 0 Å². The molecule has 0 saturated carbocycles. The van der Waals surface area contributed by atoms with Gasteiger partial charge >= 0.3 is 0 Å². The Morgan fingerprint density at radius 2 is 1.75 bits per heavy atom. The van der Waals surface area contributed by atoms with E-state index in [1.165, 1.54) is 0 Å². The monoisotopic (exact) mass is 299 g/mol. The van der Waals surface area contributed by atoms with Crippen LogP contribution in [0.5, 0.6) is 0 Å². The fraction of sp³-hybridized carbons (Fsp3) is 0.429. The maximum atomic E-state index is 11.6. The Hall–Kier alpha value is -1.59. The van der Waals surface area contributed by atoms with Gasteiger partial charge in [0, 0.05) is 30.3 Å². The molecule has 0 fully saturated rings. The minimum absolute atomic E-state index is 0. The van der Waals surface area contributed by atoms with Gasteiger partial charge < -0.3 is 16.0 Å². The second-order valence-electron chi connectivity index (χ2n) is 4.63. The molecule has 6 heteroatoms. The van der Waals surface area contributed by atoms with E-state index in [1.54, 1.807) is 31.3 Å². The Kier molecular flexibility index (Phi) is 8.59. The third-order valence-electron chi connectivity index (χ3n) is 2.54. The molecule has 0 aliphatic rings. The average Bonchev–Trinajstić information content (AvgIpc) is 2.36. The van der Waals surface area contributed by atoms with Gasteiger partial charge in [0.15, 0.2) is 0 Å². The summed E-state index contributed by atoms with van der Waals surface area (Å²) >= 11 is 0. The van der Waals surface area contributed by atoms with Crippen LogP contribution in [0.2, 0.25) is 0 Å². The summed E-state index contributed by atoms with van der Waals surface area (Å²) in [6.45, 7) is 4.30. The van der Waals surface area contributed by atoms with Gasteiger partial charge in [0.05, 0.1) is 0 Å². The number of carbonyl (C=O) groups is 2. The Morgan fingerprint density at radius 1 is 1.15 bits per heavy atom. The van der Waals surface area contributed by atoms with Gasteiger partial charge in [0.1, 0.15) is 0 Å². The number of benzene rings is 1. The Bertz CT molecular complexity index is 450. The van der Waals surface area contributed by atoms with Crippen LogP contribution in [0.15, 0.2) is 24.3 Å². The molecule has 0 aromatic heterocycles. The van der Waals surface area contributed by atoms with Crippen molar-refractivity contribution in [3.63, 3.8) is 0 Å². The fourth-order valence-corrected chi connectivity index (χ4v) is 1.42. The van der Waals surface area contributed by atoms with E-state index in [0.29, 0.717) is 24.3 Å². The quantitative estimate of drug-likeness (QED) is 0.754. The highest BCUT2D eigenvalue weighted by Crippen LogP contribution is 2.16. The predicted octanol–water partition coefficient (Wildman–Crippen LogP) is 2.25. The summed E-state index contributed by atoms with van der Waals surface area (Å²) in [5, 5.41) is 8.50. The lowest BCUT2D eigenvalue weighted by Gasteiger charge is -2.10. The SMILES string of the molecule is CNCCC(=O)Nc1cccc(NC(=O)C(C)C)c1.Cl. The highest BCUT2D eigenvalue weighted by Gasteiger charge is 2.08. The smallest absolute Gasteiger partial charge is 0.226 e. The van der Waals surface area contributed by atoms with E-state index in [1.807, 2.05) is 13.8 Å². The zero-order chi connectivity index (χ0) is 14.3. The molecule has 0 radical (unpaired) electrons.